The Hall–Kier alpha value is -0.910. The number of carboxylic acid groups (broad SMARTS) is 1. The van der Waals surface area contributed by atoms with Crippen molar-refractivity contribution < 1.29 is 19.7 Å². The number of aliphatic hydroxyl groups excluding tert-OH is 1. The number of ether oxygens (including phenoxy) is 1. The Labute approximate surface area is 151 Å². The summed E-state index contributed by atoms with van der Waals surface area (Å²) in [4.78, 5) is 10.5. The number of aliphatic carboxylic acids is 1. The number of aliphatic hydroxyl groups is 1. The maximum Gasteiger partial charge on any atom is 0.303 e. The van der Waals surface area contributed by atoms with Gasteiger partial charge in [-0.15, -0.1) is 0 Å². The van der Waals surface area contributed by atoms with Gasteiger partial charge in [0.15, 0.2) is 0 Å². The van der Waals surface area contributed by atoms with Crippen LogP contribution in [-0.4, -0.2) is 47.6 Å². The fraction of sp³-hybridized carbons (Fsp3) is 0.850. The number of hydrogen-bond acceptors (Lipinski definition) is 4. The predicted octanol–water partition coefficient (Wildman–Crippen LogP) is 3.12. The molecule has 2 aliphatic rings. The second-order valence-corrected chi connectivity index (χ2v) is 7.57. The lowest BCUT2D eigenvalue weighted by atomic mass is 9.77. The van der Waals surface area contributed by atoms with E-state index in [0.717, 1.165) is 51.5 Å². The molecule has 5 nitrogen and oxygen atoms in total. The molecule has 2 fully saturated rings. The van der Waals surface area contributed by atoms with Crippen LogP contribution in [0.4, 0.5) is 0 Å². The number of carboxylic acids is 1. The summed E-state index contributed by atoms with van der Waals surface area (Å²) < 4.78 is 6.12. The van der Waals surface area contributed by atoms with E-state index in [1.165, 1.54) is 0 Å². The molecule has 2 aliphatic heterocycles. The molecule has 0 saturated carbocycles. The van der Waals surface area contributed by atoms with Gasteiger partial charge in [-0.25, -0.2) is 0 Å². The molecule has 5 atom stereocenters. The van der Waals surface area contributed by atoms with E-state index < -0.39 is 5.97 Å². The molecular weight excluding hydrogens is 318 g/mol. The molecule has 0 aromatic carbocycles. The number of carbonyl (C=O) groups is 1. The van der Waals surface area contributed by atoms with Gasteiger partial charge < -0.3 is 20.3 Å². The van der Waals surface area contributed by atoms with Crippen LogP contribution in [0.25, 0.3) is 0 Å². The molecule has 0 aromatic rings. The van der Waals surface area contributed by atoms with Gasteiger partial charge in [0.05, 0.1) is 18.3 Å². The molecule has 0 amide bonds. The maximum absolute atomic E-state index is 10.5. The summed E-state index contributed by atoms with van der Waals surface area (Å²) in [7, 11) is 0. The molecule has 2 rings (SSSR count). The van der Waals surface area contributed by atoms with Crippen LogP contribution in [0.2, 0.25) is 0 Å². The lowest BCUT2D eigenvalue weighted by Gasteiger charge is -2.28. The van der Waals surface area contributed by atoms with Gasteiger partial charge in [0.1, 0.15) is 0 Å². The first-order chi connectivity index (χ1) is 12.1. The van der Waals surface area contributed by atoms with Crippen molar-refractivity contribution in [1.29, 1.82) is 0 Å². The maximum atomic E-state index is 10.5. The zero-order valence-electron chi connectivity index (χ0n) is 15.5. The highest BCUT2D eigenvalue weighted by Gasteiger charge is 2.47. The zero-order chi connectivity index (χ0) is 18.1. The van der Waals surface area contributed by atoms with Gasteiger partial charge in [0, 0.05) is 25.4 Å². The monoisotopic (exact) mass is 353 g/mol. The summed E-state index contributed by atoms with van der Waals surface area (Å²) in [5.74, 6) is 0.359. The van der Waals surface area contributed by atoms with Crippen LogP contribution in [0.1, 0.15) is 64.7 Å². The summed E-state index contributed by atoms with van der Waals surface area (Å²) >= 11 is 0. The molecule has 1 unspecified atom stereocenters. The largest absolute Gasteiger partial charge is 0.481 e. The lowest BCUT2D eigenvalue weighted by molar-refractivity contribution is -0.137. The summed E-state index contributed by atoms with van der Waals surface area (Å²) in [6, 6.07) is 0. The number of unbranched alkanes of at least 4 members (excludes halogenated alkanes) is 2. The molecule has 0 aromatic heterocycles. The minimum absolute atomic E-state index is 0.243. The second kappa shape index (κ2) is 10.9. The van der Waals surface area contributed by atoms with Gasteiger partial charge in [0.2, 0.25) is 0 Å². The molecule has 2 bridgehead atoms. The highest BCUT2D eigenvalue weighted by Crippen LogP contribution is 2.44. The van der Waals surface area contributed by atoms with Crippen LogP contribution in [0.15, 0.2) is 12.2 Å². The summed E-state index contributed by atoms with van der Waals surface area (Å²) in [5, 5.41) is 22.1. The Morgan fingerprint density at radius 3 is 2.72 bits per heavy atom. The van der Waals surface area contributed by atoms with Crippen LogP contribution in [-0.2, 0) is 9.53 Å². The first-order valence-electron chi connectivity index (χ1n) is 10.0. The van der Waals surface area contributed by atoms with Crippen molar-refractivity contribution in [2.45, 2.75) is 83.0 Å². The third-order valence-electron chi connectivity index (χ3n) is 5.58. The van der Waals surface area contributed by atoms with E-state index in [1.54, 1.807) is 0 Å². The Bertz CT molecular complexity index is 426. The Balaban J connectivity index is 1.69. The lowest BCUT2D eigenvalue weighted by Crippen LogP contribution is -2.38. The van der Waals surface area contributed by atoms with Crippen LogP contribution in [0, 0.1) is 11.8 Å². The van der Waals surface area contributed by atoms with E-state index in [9.17, 15) is 9.90 Å². The Kier molecular flexibility index (Phi) is 8.93. The second-order valence-electron chi connectivity index (χ2n) is 7.57. The summed E-state index contributed by atoms with van der Waals surface area (Å²) in [5.41, 5.74) is 0. The van der Waals surface area contributed by atoms with Crippen molar-refractivity contribution >= 4 is 5.97 Å². The minimum Gasteiger partial charge on any atom is -0.481 e. The first kappa shape index (κ1) is 20.4. The van der Waals surface area contributed by atoms with Crippen molar-refractivity contribution in [1.82, 2.24) is 5.32 Å². The van der Waals surface area contributed by atoms with Gasteiger partial charge in [-0.05, 0) is 44.4 Å². The average molecular weight is 354 g/mol. The number of hydrogen-bond donors (Lipinski definition) is 3. The minimum atomic E-state index is -0.720. The first-order valence-corrected chi connectivity index (χ1v) is 10.0. The zero-order valence-corrected chi connectivity index (χ0v) is 15.5. The molecule has 5 heteroatoms. The SMILES string of the molecule is CCCCC(O)CNC[C@@H]1[C@@H](C/C=C\CCCC(=O)O)[C@H]2CC[C@@H]1O2. The van der Waals surface area contributed by atoms with Crippen LogP contribution >= 0.6 is 0 Å². The third kappa shape index (κ3) is 6.72. The fourth-order valence-electron chi connectivity index (χ4n) is 4.18. The van der Waals surface area contributed by atoms with E-state index in [2.05, 4.69) is 24.4 Å². The molecule has 25 heavy (non-hydrogen) atoms. The number of fused-ring (bicyclic) bond motifs is 2. The standard InChI is InChI=1S/C20H35NO4/c1-2-3-8-15(22)13-21-14-17-16(18-11-12-19(17)25-18)9-6-4-5-7-10-20(23)24/h4,6,15-19,21-22H,2-3,5,7-14H2,1H3,(H,23,24)/b6-4-/t15?,16-,17-,18-,19+/m1/s1. The van der Waals surface area contributed by atoms with Gasteiger partial charge in [-0.3, -0.25) is 4.79 Å². The van der Waals surface area contributed by atoms with E-state index in [-0.39, 0.29) is 12.5 Å². The quantitative estimate of drug-likeness (QED) is 0.350. The smallest absolute Gasteiger partial charge is 0.303 e. The molecule has 0 radical (unpaired) electrons. The molecule has 2 heterocycles. The van der Waals surface area contributed by atoms with Crippen molar-refractivity contribution in [2.75, 3.05) is 13.1 Å². The van der Waals surface area contributed by atoms with E-state index >= 15 is 0 Å². The summed E-state index contributed by atoms with van der Waals surface area (Å²) in [6.07, 6.45) is 13.0. The van der Waals surface area contributed by atoms with Gasteiger partial charge in [-0.1, -0.05) is 31.9 Å². The molecule has 0 spiro atoms. The van der Waals surface area contributed by atoms with Crippen LogP contribution in [0.5, 0.6) is 0 Å². The third-order valence-corrected chi connectivity index (χ3v) is 5.58. The van der Waals surface area contributed by atoms with Crippen molar-refractivity contribution in [3.05, 3.63) is 12.2 Å². The van der Waals surface area contributed by atoms with Gasteiger partial charge in [-0.2, -0.15) is 0 Å². The van der Waals surface area contributed by atoms with Crippen molar-refractivity contribution in [2.24, 2.45) is 11.8 Å². The predicted molar refractivity (Wildman–Crippen MR) is 98.5 cm³/mol. The van der Waals surface area contributed by atoms with Gasteiger partial charge >= 0.3 is 5.97 Å². The van der Waals surface area contributed by atoms with Gasteiger partial charge in [0.25, 0.3) is 0 Å². The highest BCUT2D eigenvalue weighted by atomic mass is 16.5. The Morgan fingerprint density at radius 2 is 2.00 bits per heavy atom. The van der Waals surface area contributed by atoms with E-state index in [0.29, 0.717) is 37.0 Å². The summed E-state index contributed by atoms with van der Waals surface area (Å²) in [6.45, 7) is 3.74. The topological polar surface area (TPSA) is 78.8 Å². The van der Waals surface area contributed by atoms with Crippen molar-refractivity contribution in [3.8, 4) is 0 Å². The molecular formula is C20H35NO4. The highest BCUT2D eigenvalue weighted by molar-refractivity contribution is 5.66. The molecule has 0 aliphatic carbocycles. The number of nitrogens with one attached hydrogen (secondary N) is 1. The average Bonchev–Trinajstić information content (AvgIpc) is 3.18. The molecule has 144 valence electrons. The fourth-order valence-corrected chi connectivity index (χ4v) is 4.18. The van der Waals surface area contributed by atoms with Crippen LogP contribution in [0.3, 0.4) is 0 Å². The van der Waals surface area contributed by atoms with Crippen LogP contribution < -0.4 is 5.32 Å². The molecule has 2 saturated heterocycles. The normalized spacial score (nSPS) is 29.5. The van der Waals surface area contributed by atoms with E-state index in [4.69, 9.17) is 9.84 Å². The Morgan fingerprint density at radius 1 is 1.24 bits per heavy atom. The number of rotatable bonds is 13. The van der Waals surface area contributed by atoms with E-state index in [1.807, 2.05) is 0 Å². The number of allylic oxidation sites excluding steroid dienone is 2. The molecule has 3 N–H and O–H groups in total. The van der Waals surface area contributed by atoms with Crippen molar-refractivity contribution in [3.63, 3.8) is 0 Å².